The molecule has 0 fully saturated rings. The van der Waals surface area contributed by atoms with Crippen LogP contribution in [0.4, 0.5) is 0 Å². The van der Waals surface area contributed by atoms with Crippen LogP contribution in [0.5, 0.6) is 0 Å². The van der Waals surface area contributed by atoms with Gasteiger partial charge in [-0.2, -0.15) is 0 Å². The predicted octanol–water partition coefficient (Wildman–Crippen LogP) is 2.42. The Morgan fingerprint density at radius 2 is 2.11 bits per heavy atom. The fraction of sp³-hybridized carbons (Fsp3) is 0.667. The number of aromatic nitrogens is 1. The monoisotopic (exact) mass is 265 g/mol. The molecule has 0 aliphatic rings. The molecule has 0 saturated heterocycles. The molecule has 1 aromatic rings. The first kappa shape index (κ1) is 15.8. The SMILES string of the molecule is CCNC(CC)c1ccn(CC(=O)N(C)C(C)C)c1. The number of nitrogens with one attached hydrogen (secondary N) is 1. The molecular formula is C15H27N3O. The molecule has 0 saturated carbocycles. The lowest BCUT2D eigenvalue weighted by Gasteiger charge is -2.21. The third-order valence-corrected chi connectivity index (χ3v) is 3.52. The maximum atomic E-state index is 12.0. The predicted molar refractivity (Wildman–Crippen MR) is 79.0 cm³/mol. The fourth-order valence-electron chi connectivity index (χ4n) is 2.06. The molecule has 1 atom stereocenters. The summed E-state index contributed by atoms with van der Waals surface area (Å²) in [5, 5.41) is 3.45. The molecule has 0 aliphatic carbocycles. The van der Waals surface area contributed by atoms with Crippen LogP contribution in [0.15, 0.2) is 18.5 Å². The number of nitrogens with zero attached hydrogens (tertiary/aromatic N) is 2. The molecule has 0 spiro atoms. The topological polar surface area (TPSA) is 37.3 Å². The van der Waals surface area contributed by atoms with Crippen molar-refractivity contribution < 1.29 is 4.79 Å². The standard InChI is InChI=1S/C15H27N3O/c1-6-14(16-7-2)13-8-9-18(10-13)11-15(19)17(5)12(3)4/h8-10,12,14,16H,6-7,11H2,1-5H3. The maximum Gasteiger partial charge on any atom is 0.242 e. The van der Waals surface area contributed by atoms with Gasteiger partial charge in [0.2, 0.25) is 5.91 Å². The molecule has 0 bridgehead atoms. The second-order valence-corrected chi connectivity index (χ2v) is 5.23. The highest BCUT2D eigenvalue weighted by atomic mass is 16.2. The van der Waals surface area contributed by atoms with Crippen molar-refractivity contribution in [1.29, 1.82) is 0 Å². The van der Waals surface area contributed by atoms with Crippen LogP contribution in [0.1, 0.15) is 45.7 Å². The van der Waals surface area contributed by atoms with Gasteiger partial charge in [-0.15, -0.1) is 0 Å². The molecule has 4 heteroatoms. The molecule has 1 rings (SSSR count). The van der Waals surface area contributed by atoms with Crippen LogP contribution in [-0.2, 0) is 11.3 Å². The third-order valence-electron chi connectivity index (χ3n) is 3.52. The molecule has 0 radical (unpaired) electrons. The summed E-state index contributed by atoms with van der Waals surface area (Å²) < 4.78 is 1.97. The van der Waals surface area contributed by atoms with Gasteiger partial charge in [0.05, 0.1) is 0 Å². The van der Waals surface area contributed by atoms with E-state index in [0.717, 1.165) is 13.0 Å². The zero-order valence-electron chi connectivity index (χ0n) is 12.8. The van der Waals surface area contributed by atoms with E-state index in [0.29, 0.717) is 12.6 Å². The van der Waals surface area contributed by atoms with Gasteiger partial charge in [-0.1, -0.05) is 13.8 Å². The van der Waals surface area contributed by atoms with Crippen LogP contribution in [0.2, 0.25) is 0 Å². The van der Waals surface area contributed by atoms with Gasteiger partial charge in [0.25, 0.3) is 0 Å². The highest BCUT2D eigenvalue weighted by Crippen LogP contribution is 2.16. The summed E-state index contributed by atoms with van der Waals surface area (Å²) >= 11 is 0. The van der Waals surface area contributed by atoms with E-state index in [-0.39, 0.29) is 11.9 Å². The van der Waals surface area contributed by atoms with Crippen molar-refractivity contribution in [2.45, 2.75) is 52.7 Å². The van der Waals surface area contributed by atoms with E-state index in [9.17, 15) is 4.79 Å². The summed E-state index contributed by atoms with van der Waals surface area (Å²) in [6.07, 6.45) is 5.11. The van der Waals surface area contributed by atoms with E-state index >= 15 is 0 Å². The summed E-state index contributed by atoms with van der Waals surface area (Å²) in [6, 6.07) is 2.72. The number of amides is 1. The van der Waals surface area contributed by atoms with E-state index < -0.39 is 0 Å². The number of carbonyl (C=O) groups excluding carboxylic acids is 1. The molecule has 1 aromatic heterocycles. The Bertz CT molecular complexity index is 398. The first-order chi connectivity index (χ1) is 8.99. The quantitative estimate of drug-likeness (QED) is 0.822. The second-order valence-electron chi connectivity index (χ2n) is 5.23. The number of carbonyl (C=O) groups is 1. The summed E-state index contributed by atoms with van der Waals surface area (Å²) in [7, 11) is 1.85. The minimum absolute atomic E-state index is 0.147. The number of likely N-dealkylation sites (N-methyl/N-ethyl adjacent to an activating group) is 1. The van der Waals surface area contributed by atoms with E-state index in [2.05, 4.69) is 31.4 Å². The largest absolute Gasteiger partial charge is 0.345 e. The minimum Gasteiger partial charge on any atom is -0.345 e. The maximum absolute atomic E-state index is 12.0. The van der Waals surface area contributed by atoms with E-state index in [1.54, 1.807) is 4.90 Å². The van der Waals surface area contributed by atoms with Crippen molar-refractivity contribution in [1.82, 2.24) is 14.8 Å². The Labute approximate surface area is 116 Å². The minimum atomic E-state index is 0.147. The van der Waals surface area contributed by atoms with Crippen LogP contribution in [0, 0.1) is 0 Å². The number of hydrogen-bond acceptors (Lipinski definition) is 2. The highest BCUT2D eigenvalue weighted by molar-refractivity contribution is 5.76. The number of rotatable bonds is 7. The molecule has 4 nitrogen and oxygen atoms in total. The zero-order chi connectivity index (χ0) is 14.4. The fourth-order valence-corrected chi connectivity index (χ4v) is 2.06. The Balaban J connectivity index is 2.67. The lowest BCUT2D eigenvalue weighted by atomic mass is 10.1. The van der Waals surface area contributed by atoms with E-state index in [4.69, 9.17) is 0 Å². The normalized spacial score (nSPS) is 12.7. The Morgan fingerprint density at radius 1 is 1.42 bits per heavy atom. The van der Waals surface area contributed by atoms with E-state index in [1.165, 1.54) is 5.56 Å². The zero-order valence-corrected chi connectivity index (χ0v) is 12.8. The lowest BCUT2D eigenvalue weighted by molar-refractivity contribution is -0.131. The van der Waals surface area contributed by atoms with Gasteiger partial charge in [0.15, 0.2) is 0 Å². The van der Waals surface area contributed by atoms with Crippen LogP contribution < -0.4 is 5.32 Å². The molecule has 0 aliphatic heterocycles. The van der Waals surface area contributed by atoms with Crippen molar-refractivity contribution in [3.05, 3.63) is 24.0 Å². The molecule has 1 heterocycles. The Hall–Kier alpha value is -1.29. The highest BCUT2D eigenvalue weighted by Gasteiger charge is 2.14. The van der Waals surface area contributed by atoms with Crippen molar-refractivity contribution in [3.63, 3.8) is 0 Å². The molecule has 108 valence electrons. The summed E-state index contributed by atoms with van der Waals surface area (Å²) in [6.45, 7) is 9.70. The van der Waals surface area contributed by atoms with Crippen LogP contribution in [-0.4, -0.2) is 35.0 Å². The van der Waals surface area contributed by atoms with Crippen molar-refractivity contribution >= 4 is 5.91 Å². The molecule has 0 aromatic carbocycles. The third kappa shape index (κ3) is 4.39. The van der Waals surface area contributed by atoms with Crippen LogP contribution >= 0.6 is 0 Å². The first-order valence-corrected chi connectivity index (χ1v) is 7.14. The van der Waals surface area contributed by atoms with Gasteiger partial charge in [-0.25, -0.2) is 0 Å². The smallest absolute Gasteiger partial charge is 0.242 e. The van der Waals surface area contributed by atoms with Gasteiger partial charge in [0.1, 0.15) is 6.54 Å². The van der Waals surface area contributed by atoms with E-state index in [1.807, 2.05) is 31.7 Å². The lowest BCUT2D eigenvalue weighted by Crippen LogP contribution is -2.35. The summed E-state index contributed by atoms with van der Waals surface area (Å²) in [5.74, 6) is 0.147. The van der Waals surface area contributed by atoms with Gasteiger partial charge in [-0.05, 0) is 38.4 Å². The molecule has 1 N–H and O–H groups in total. The molecule has 1 unspecified atom stereocenters. The van der Waals surface area contributed by atoms with Crippen molar-refractivity contribution in [2.75, 3.05) is 13.6 Å². The average Bonchev–Trinajstić information content (AvgIpc) is 2.82. The van der Waals surface area contributed by atoms with Crippen LogP contribution in [0.3, 0.4) is 0 Å². The van der Waals surface area contributed by atoms with Gasteiger partial charge in [-0.3, -0.25) is 4.79 Å². The van der Waals surface area contributed by atoms with Gasteiger partial charge >= 0.3 is 0 Å². The number of hydrogen-bond donors (Lipinski definition) is 1. The second kappa shape index (κ2) is 7.34. The molecular weight excluding hydrogens is 238 g/mol. The summed E-state index contributed by atoms with van der Waals surface area (Å²) in [4.78, 5) is 13.8. The average molecular weight is 265 g/mol. The molecule has 19 heavy (non-hydrogen) atoms. The Morgan fingerprint density at radius 3 is 2.63 bits per heavy atom. The van der Waals surface area contributed by atoms with Crippen molar-refractivity contribution in [3.8, 4) is 0 Å². The van der Waals surface area contributed by atoms with Gasteiger partial charge in [0, 0.05) is 31.5 Å². The Kier molecular flexibility index (Phi) is 6.09. The van der Waals surface area contributed by atoms with Crippen LogP contribution in [0.25, 0.3) is 0 Å². The van der Waals surface area contributed by atoms with Gasteiger partial charge < -0.3 is 14.8 Å². The van der Waals surface area contributed by atoms with Crippen molar-refractivity contribution in [2.24, 2.45) is 0 Å². The first-order valence-electron chi connectivity index (χ1n) is 7.14. The molecule has 1 amide bonds. The summed E-state index contributed by atoms with van der Waals surface area (Å²) in [5.41, 5.74) is 1.25.